The summed E-state index contributed by atoms with van der Waals surface area (Å²) in [5, 5.41) is 19.7. The third-order valence-electron chi connectivity index (χ3n) is 4.99. The Bertz CT molecular complexity index is 440. The number of aryl methyl sites for hydroxylation is 2. The first-order valence-corrected chi connectivity index (χ1v) is 10.2. The third kappa shape index (κ3) is 8.61. The Labute approximate surface area is 149 Å². The first-order valence-electron chi connectivity index (χ1n) is 10.2. The average molecular weight is 335 g/mol. The van der Waals surface area contributed by atoms with Gasteiger partial charge in [-0.3, -0.25) is 0 Å². The van der Waals surface area contributed by atoms with Crippen molar-refractivity contribution in [3.63, 3.8) is 0 Å². The van der Waals surface area contributed by atoms with E-state index in [0.717, 1.165) is 24.0 Å². The number of unbranched alkanes of at least 4 members (excludes halogenated alkanes) is 12. The molecule has 138 valence electrons. The summed E-state index contributed by atoms with van der Waals surface area (Å²) < 4.78 is 0. The zero-order chi connectivity index (χ0) is 17.6. The first kappa shape index (κ1) is 20.9. The Balaban J connectivity index is 1.93. The molecule has 2 N–H and O–H groups in total. The van der Waals surface area contributed by atoms with Crippen LogP contribution < -0.4 is 0 Å². The van der Waals surface area contributed by atoms with Crippen LogP contribution in [0.2, 0.25) is 0 Å². The number of benzene rings is 1. The Morgan fingerprint density at radius 3 is 1.58 bits per heavy atom. The van der Waals surface area contributed by atoms with Gasteiger partial charge in [0, 0.05) is 0 Å². The van der Waals surface area contributed by atoms with E-state index in [1.807, 2.05) is 19.1 Å². The Morgan fingerprint density at radius 2 is 1.08 bits per heavy atom. The molecule has 0 heterocycles. The molecule has 0 unspecified atom stereocenters. The summed E-state index contributed by atoms with van der Waals surface area (Å²) in [4.78, 5) is 0. The van der Waals surface area contributed by atoms with E-state index in [4.69, 9.17) is 0 Å². The molecule has 0 aromatic heterocycles. The molecule has 1 aromatic rings. The summed E-state index contributed by atoms with van der Waals surface area (Å²) in [5.74, 6) is 0.121. The van der Waals surface area contributed by atoms with Crippen molar-refractivity contribution in [2.45, 2.75) is 104 Å². The number of phenols is 2. The van der Waals surface area contributed by atoms with E-state index in [0.29, 0.717) is 0 Å². The molecule has 2 nitrogen and oxygen atoms in total. The molecule has 0 aliphatic heterocycles. The maximum absolute atomic E-state index is 9.92. The topological polar surface area (TPSA) is 40.5 Å². The lowest BCUT2D eigenvalue weighted by Gasteiger charge is -2.08. The van der Waals surface area contributed by atoms with Crippen LogP contribution >= 0.6 is 0 Å². The lowest BCUT2D eigenvalue weighted by Crippen LogP contribution is -1.89. The van der Waals surface area contributed by atoms with Crippen molar-refractivity contribution in [2.75, 3.05) is 0 Å². The van der Waals surface area contributed by atoms with Crippen LogP contribution in [-0.4, -0.2) is 10.2 Å². The Hall–Kier alpha value is -1.18. The fraction of sp³-hybridized carbons (Fsp3) is 0.727. The lowest BCUT2D eigenvalue weighted by molar-refractivity contribution is 0.396. The lowest BCUT2D eigenvalue weighted by atomic mass is 10.0. The summed E-state index contributed by atoms with van der Waals surface area (Å²) in [6.45, 7) is 4.08. The minimum Gasteiger partial charge on any atom is -0.504 e. The predicted octanol–water partition coefficient (Wildman–Crippen LogP) is 7.04. The van der Waals surface area contributed by atoms with Gasteiger partial charge in [0.15, 0.2) is 11.5 Å². The number of hydrogen-bond acceptors (Lipinski definition) is 2. The number of phenolic OH excluding ortho intramolecular Hbond substituents is 2. The SMILES string of the molecule is CCCCCCCCCCCCCCCc1ccc(C)c(O)c1O. The predicted molar refractivity (Wildman–Crippen MR) is 104 cm³/mol. The van der Waals surface area contributed by atoms with Crippen molar-refractivity contribution >= 4 is 0 Å². The second kappa shape index (κ2) is 13.1. The molecule has 1 aromatic carbocycles. The molecule has 0 amide bonds. The van der Waals surface area contributed by atoms with Crippen LogP contribution in [0.25, 0.3) is 0 Å². The summed E-state index contributed by atoms with van der Waals surface area (Å²) >= 11 is 0. The minimum atomic E-state index is 0.0437. The van der Waals surface area contributed by atoms with Crippen molar-refractivity contribution in [3.8, 4) is 11.5 Å². The first-order chi connectivity index (χ1) is 11.7. The quantitative estimate of drug-likeness (QED) is 0.283. The minimum absolute atomic E-state index is 0.0437. The molecule has 0 aliphatic carbocycles. The molecule has 0 fully saturated rings. The Morgan fingerprint density at radius 1 is 0.625 bits per heavy atom. The summed E-state index contributed by atoms with van der Waals surface area (Å²) in [6.07, 6.45) is 18.4. The maximum Gasteiger partial charge on any atom is 0.160 e. The summed E-state index contributed by atoms with van der Waals surface area (Å²) in [6, 6.07) is 3.82. The fourth-order valence-electron chi connectivity index (χ4n) is 3.26. The van der Waals surface area contributed by atoms with Gasteiger partial charge in [-0.05, 0) is 30.9 Å². The average Bonchev–Trinajstić information content (AvgIpc) is 2.58. The van der Waals surface area contributed by atoms with E-state index in [-0.39, 0.29) is 11.5 Å². The van der Waals surface area contributed by atoms with Crippen LogP contribution in [0.15, 0.2) is 12.1 Å². The highest BCUT2D eigenvalue weighted by molar-refractivity contribution is 5.49. The van der Waals surface area contributed by atoms with E-state index in [2.05, 4.69) is 6.92 Å². The largest absolute Gasteiger partial charge is 0.504 e. The zero-order valence-electron chi connectivity index (χ0n) is 15.9. The van der Waals surface area contributed by atoms with Crippen LogP contribution in [0.4, 0.5) is 0 Å². The normalized spacial score (nSPS) is 11.1. The maximum atomic E-state index is 9.92. The molecule has 0 aliphatic rings. The number of hydrogen-bond donors (Lipinski definition) is 2. The van der Waals surface area contributed by atoms with Gasteiger partial charge < -0.3 is 10.2 Å². The highest BCUT2D eigenvalue weighted by atomic mass is 16.3. The smallest absolute Gasteiger partial charge is 0.160 e. The Kier molecular flexibility index (Phi) is 11.4. The molecule has 0 radical (unpaired) electrons. The van der Waals surface area contributed by atoms with Crippen molar-refractivity contribution in [1.82, 2.24) is 0 Å². The molecular weight excluding hydrogens is 296 g/mol. The highest BCUT2D eigenvalue weighted by Gasteiger charge is 2.08. The zero-order valence-corrected chi connectivity index (χ0v) is 15.9. The number of rotatable bonds is 14. The number of aromatic hydroxyl groups is 2. The van der Waals surface area contributed by atoms with Crippen molar-refractivity contribution in [1.29, 1.82) is 0 Å². The molecule has 2 heteroatoms. The second-order valence-electron chi connectivity index (χ2n) is 7.23. The van der Waals surface area contributed by atoms with Gasteiger partial charge in [-0.2, -0.15) is 0 Å². The fourth-order valence-corrected chi connectivity index (χ4v) is 3.26. The molecule has 0 spiro atoms. The molecule has 24 heavy (non-hydrogen) atoms. The van der Waals surface area contributed by atoms with Gasteiger partial charge >= 0.3 is 0 Å². The van der Waals surface area contributed by atoms with Gasteiger partial charge in [-0.1, -0.05) is 96.1 Å². The van der Waals surface area contributed by atoms with Gasteiger partial charge in [0.2, 0.25) is 0 Å². The molecular formula is C22H38O2. The highest BCUT2D eigenvalue weighted by Crippen LogP contribution is 2.32. The van der Waals surface area contributed by atoms with Gasteiger partial charge in [-0.15, -0.1) is 0 Å². The van der Waals surface area contributed by atoms with Crippen LogP contribution in [-0.2, 0) is 6.42 Å². The molecule has 0 saturated carbocycles. The van der Waals surface area contributed by atoms with Crippen molar-refractivity contribution < 1.29 is 10.2 Å². The van der Waals surface area contributed by atoms with E-state index in [1.165, 1.54) is 77.0 Å². The van der Waals surface area contributed by atoms with E-state index in [9.17, 15) is 10.2 Å². The van der Waals surface area contributed by atoms with E-state index in [1.54, 1.807) is 0 Å². The van der Waals surface area contributed by atoms with E-state index < -0.39 is 0 Å². The van der Waals surface area contributed by atoms with Crippen molar-refractivity contribution in [2.24, 2.45) is 0 Å². The second-order valence-corrected chi connectivity index (χ2v) is 7.23. The molecule has 0 saturated heterocycles. The molecule has 0 atom stereocenters. The third-order valence-corrected chi connectivity index (χ3v) is 4.99. The van der Waals surface area contributed by atoms with Gasteiger partial charge in [0.05, 0.1) is 0 Å². The van der Waals surface area contributed by atoms with E-state index >= 15 is 0 Å². The van der Waals surface area contributed by atoms with Crippen LogP contribution in [0, 0.1) is 6.92 Å². The summed E-state index contributed by atoms with van der Waals surface area (Å²) in [7, 11) is 0. The van der Waals surface area contributed by atoms with Gasteiger partial charge in [-0.25, -0.2) is 0 Å². The van der Waals surface area contributed by atoms with Crippen LogP contribution in [0.3, 0.4) is 0 Å². The summed E-state index contributed by atoms with van der Waals surface area (Å²) in [5.41, 5.74) is 1.61. The standard InChI is InChI=1S/C22H38O2/c1-3-4-5-6-7-8-9-10-11-12-13-14-15-16-20-18-17-19(2)21(23)22(20)24/h17-18,23-24H,3-16H2,1-2H3. The monoisotopic (exact) mass is 334 g/mol. The van der Waals surface area contributed by atoms with Crippen LogP contribution in [0.5, 0.6) is 11.5 Å². The van der Waals surface area contributed by atoms with Crippen molar-refractivity contribution in [3.05, 3.63) is 23.3 Å². The van der Waals surface area contributed by atoms with Gasteiger partial charge in [0.25, 0.3) is 0 Å². The van der Waals surface area contributed by atoms with Gasteiger partial charge in [0.1, 0.15) is 0 Å². The van der Waals surface area contributed by atoms with Crippen LogP contribution in [0.1, 0.15) is 102 Å². The molecule has 1 rings (SSSR count). The molecule has 0 bridgehead atoms.